The Morgan fingerprint density at radius 1 is 1.23 bits per heavy atom. The summed E-state index contributed by atoms with van der Waals surface area (Å²) in [7, 11) is 0. The maximum absolute atomic E-state index is 13.3. The minimum absolute atomic E-state index is 0.0159. The highest BCUT2D eigenvalue weighted by Gasteiger charge is 2.31. The zero-order valence-corrected chi connectivity index (χ0v) is 20.0. The third-order valence-electron chi connectivity index (χ3n) is 6.64. The van der Waals surface area contributed by atoms with E-state index in [9.17, 15) is 28.1 Å². The molecule has 0 saturated heterocycles. The number of non-ortho nitro benzene ring substituents is 1. The maximum Gasteiger partial charge on any atom is 0.416 e. The molecule has 1 saturated carbocycles. The number of rotatable bonds is 6. The van der Waals surface area contributed by atoms with Gasteiger partial charge in [0.05, 0.1) is 27.3 Å². The molecule has 1 fully saturated rings. The van der Waals surface area contributed by atoms with E-state index in [1.54, 1.807) is 0 Å². The molecule has 11 heteroatoms. The molecule has 3 atom stereocenters. The molecule has 186 valence electrons. The van der Waals surface area contributed by atoms with Crippen molar-refractivity contribution in [2.45, 2.75) is 50.5 Å². The molecule has 1 N–H and O–H groups in total. The fraction of sp³-hybridized carbons (Fsp3) is 0.417. The van der Waals surface area contributed by atoms with Crippen molar-refractivity contribution in [1.29, 1.82) is 0 Å². The molecule has 3 aromatic rings. The van der Waals surface area contributed by atoms with Gasteiger partial charge in [-0.15, -0.1) is 0 Å². The minimum atomic E-state index is -4.54. The molecular weight excluding hydrogens is 481 g/mol. The topological polar surface area (TPSA) is 90.1 Å². The lowest BCUT2D eigenvalue weighted by Crippen LogP contribution is -2.44. The Labute approximate surface area is 204 Å². The second kappa shape index (κ2) is 9.88. The van der Waals surface area contributed by atoms with Crippen LogP contribution in [-0.2, 0) is 11.0 Å². The Balaban J connectivity index is 1.65. The Hall–Kier alpha value is -3.08. The number of nitro groups is 1. The number of nitrogens with zero attached hydrogens (tertiary/aromatic N) is 3. The Kier molecular flexibility index (Phi) is 7.07. The van der Waals surface area contributed by atoms with E-state index in [0.717, 1.165) is 43.2 Å². The number of fused-ring (bicyclic) bond motifs is 1. The van der Waals surface area contributed by atoms with Crippen LogP contribution in [0.3, 0.4) is 0 Å². The smallest absolute Gasteiger partial charge is 0.352 e. The van der Waals surface area contributed by atoms with Gasteiger partial charge in [0.15, 0.2) is 5.16 Å². The normalized spacial score (nSPS) is 20.7. The van der Waals surface area contributed by atoms with E-state index in [2.05, 4.69) is 24.1 Å². The number of alkyl halides is 3. The lowest BCUT2D eigenvalue weighted by atomic mass is 9.78. The van der Waals surface area contributed by atoms with Gasteiger partial charge in [-0.3, -0.25) is 19.5 Å². The predicted molar refractivity (Wildman–Crippen MR) is 128 cm³/mol. The van der Waals surface area contributed by atoms with Crippen LogP contribution in [0, 0.1) is 22.0 Å². The number of hydrogen-bond donors (Lipinski definition) is 1. The number of carbonyl (C=O) groups is 1. The van der Waals surface area contributed by atoms with Crippen molar-refractivity contribution in [2.75, 3.05) is 5.75 Å². The molecule has 0 bridgehead atoms. The fourth-order valence-electron chi connectivity index (χ4n) is 4.49. The van der Waals surface area contributed by atoms with Crippen LogP contribution in [0.25, 0.3) is 16.7 Å². The molecule has 0 spiro atoms. The van der Waals surface area contributed by atoms with Crippen LogP contribution in [0.1, 0.15) is 38.7 Å². The van der Waals surface area contributed by atoms with Crippen LogP contribution in [-0.4, -0.2) is 32.2 Å². The van der Waals surface area contributed by atoms with Crippen molar-refractivity contribution in [3.63, 3.8) is 0 Å². The third kappa shape index (κ3) is 5.44. The Bertz CT molecular complexity index is 1260. The summed E-state index contributed by atoms with van der Waals surface area (Å²) in [6.45, 7) is 4.30. The van der Waals surface area contributed by atoms with Gasteiger partial charge < -0.3 is 5.32 Å². The maximum atomic E-state index is 13.3. The number of thioether (sulfide) groups is 1. The fourth-order valence-corrected chi connectivity index (χ4v) is 5.33. The quantitative estimate of drug-likeness (QED) is 0.252. The van der Waals surface area contributed by atoms with Crippen molar-refractivity contribution in [1.82, 2.24) is 14.9 Å². The van der Waals surface area contributed by atoms with Crippen molar-refractivity contribution in [2.24, 2.45) is 11.8 Å². The summed E-state index contributed by atoms with van der Waals surface area (Å²) in [4.78, 5) is 27.8. The summed E-state index contributed by atoms with van der Waals surface area (Å²) in [5.74, 6) is 0.701. The monoisotopic (exact) mass is 506 g/mol. The van der Waals surface area contributed by atoms with Crippen LogP contribution in [0.5, 0.6) is 0 Å². The molecular formula is C24H25F3N4O3S. The number of aromatic nitrogens is 2. The molecule has 1 heterocycles. The highest BCUT2D eigenvalue weighted by molar-refractivity contribution is 7.99. The number of nitrogens with one attached hydrogen (secondary N) is 1. The first kappa shape index (κ1) is 25.0. The van der Waals surface area contributed by atoms with Crippen LogP contribution in [0.2, 0.25) is 0 Å². The summed E-state index contributed by atoms with van der Waals surface area (Å²) >= 11 is 1.08. The largest absolute Gasteiger partial charge is 0.416 e. The summed E-state index contributed by atoms with van der Waals surface area (Å²) in [6, 6.07) is 8.86. The summed E-state index contributed by atoms with van der Waals surface area (Å²) in [5.41, 5.74) is -0.135. The average molecular weight is 507 g/mol. The van der Waals surface area contributed by atoms with Crippen LogP contribution in [0.4, 0.5) is 18.9 Å². The Morgan fingerprint density at radius 3 is 2.71 bits per heavy atom. The average Bonchev–Trinajstić information content (AvgIpc) is 3.18. The lowest BCUT2D eigenvalue weighted by molar-refractivity contribution is -0.384. The van der Waals surface area contributed by atoms with Gasteiger partial charge in [-0.05, 0) is 42.5 Å². The van der Waals surface area contributed by atoms with Crippen molar-refractivity contribution >= 4 is 34.4 Å². The number of halogens is 3. The molecule has 1 amide bonds. The van der Waals surface area contributed by atoms with E-state index in [-0.39, 0.29) is 39.7 Å². The summed E-state index contributed by atoms with van der Waals surface area (Å²) in [6.07, 6.45) is -1.44. The molecule has 0 radical (unpaired) electrons. The van der Waals surface area contributed by atoms with Gasteiger partial charge in [0.1, 0.15) is 0 Å². The first-order valence-corrected chi connectivity index (χ1v) is 12.3. The summed E-state index contributed by atoms with van der Waals surface area (Å²) in [5, 5.41) is 14.6. The molecule has 2 aromatic carbocycles. The van der Waals surface area contributed by atoms with Gasteiger partial charge >= 0.3 is 6.18 Å². The van der Waals surface area contributed by atoms with Crippen LogP contribution in [0.15, 0.2) is 47.6 Å². The highest BCUT2D eigenvalue weighted by Crippen LogP contribution is 2.34. The van der Waals surface area contributed by atoms with Gasteiger partial charge in [-0.25, -0.2) is 4.98 Å². The van der Waals surface area contributed by atoms with Crippen molar-refractivity contribution in [3.8, 4) is 5.69 Å². The van der Waals surface area contributed by atoms with E-state index < -0.39 is 16.7 Å². The van der Waals surface area contributed by atoms with E-state index in [1.165, 1.54) is 34.9 Å². The first-order chi connectivity index (χ1) is 16.5. The van der Waals surface area contributed by atoms with Crippen molar-refractivity contribution in [3.05, 3.63) is 58.1 Å². The molecule has 0 unspecified atom stereocenters. The van der Waals surface area contributed by atoms with E-state index in [0.29, 0.717) is 17.4 Å². The second-order valence-corrected chi connectivity index (χ2v) is 9.88. The molecule has 0 aliphatic heterocycles. The molecule has 4 rings (SSSR count). The predicted octanol–water partition coefficient (Wildman–Crippen LogP) is 5.99. The number of amides is 1. The molecule has 7 nitrogen and oxygen atoms in total. The third-order valence-corrected chi connectivity index (χ3v) is 7.57. The van der Waals surface area contributed by atoms with Gasteiger partial charge in [0.25, 0.3) is 5.69 Å². The first-order valence-electron chi connectivity index (χ1n) is 11.3. The van der Waals surface area contributed by atoms with Crippen LogP contribution >= 0.6 is 11.8 Å². The van der Waals surface area contributed by atoms with Gasteiger partial charge in [0.2, 0.25) is 5.91 Å². The van der Waals surface area contributed by atoms with Crippen molar-refractivity contribution < 1.29 is 22.9 Å². The lowest BCUT2D eigenvalue weighted by Gasteiger charge is -2.34. The van der Waals surface area contributed by atoms with Gasteiger partial charge in [0, 0.05) is 23.9 Å². The highest BCUT2D eigenvalue weighted by atomic mass is 32.2. The number of hydrogen-bond acceptors (Lipinski definition) is 5. The standard InChI is InChI=1S/C24H25F3N4O3S/c1-14-5-3-8-19(15(14)2)28-22(32)13-35-23-29-20-12-18(31(33)34)9-10-21(20)30(23)17-7-4-6-16(11-17)24(25,26)27/h4,6-7,9-12,14-15,19H,3,5,8,13H2,1-2H3,(H,28,32)/t14-,15-,19+/m1/s1. The summed E-state index contributed by atoms with van der Waals surface area (Å²) < 4.78 is 41.5. The number of nitro benzene ring substituents is 1. The van der Waals surface area contributed by atoms with E-state index in [4.69, 9.17) is 0 Å². The SMILES string of the molecule is C[C@@H]1[C@H](C)CCC[C@@H]1NC(=O)CSc1nc2cc([N+](=O)[O-])ccc2n1-c1cccc(C(F)(F)F)c1. The second-order valence-electron chi connectivity index (χ2n) is 8.94. The number of imidazole rings is 1. The Morgan fingerprint density at radius 2 is 2.00 bits per heavy atom. The molecule has 1 aliphatic rings. The zero-order chi connectivity index (χ0) is 25.3. The van der Waals surface area contributed by atoms with Gasteiger partial charge in [-0.2, -0.15) is 13.2 Å². The van der Waals surface area contributed by atoms with Gasteiger partial charge in [-0.1, -0.05) is 44.5 Å². The molecule has 35 heavy (non-hydrogen) atoms. The van der Waals surface area contributed by atoms with E-state index in [1.807, 2.05) is 0 Å². The van der Waals surface area contributed by atoms with E-state index >= 15 is 0 Å². The number of carbonyl (C=O) groups excluding carboxylic acids is 1. The minimum Gasteiger partial charge on any atom is -0.352 e. The molecule has 1 aliphatic carbocycles. The number of benzene rings is 2. The molecule has 1 aromatic heterocycles. The zero-order valence-electron chi connectivity index (χ0n) is 19.2. The van der Waals surface area contributed by atoms with Crippen LogP contribution < -0.4 is 5.32 Å².